The van der Waals surface area contributed by atoms with Gasteiger partial charge in [-0.1, -0.05) is 0 Å². The Bertz CT molecular complexity index is 1350. The summed E-state index contributed by atoms with van der Waals surface area (Å²) in [5.74, 6) is 1.09. The summed E-state index contributed by atoms with van der Waals surface area (Å²) in [6.07, 6.45) is 0.862. The van der Waals surface area contributed by atoms with Crippen molar-refractivity contribution >= 4 is 17.7 Å². The number of fused-ring (bicyclic) bond motifs is 1. The van der Waals surface area contributed by atoms with E-state index in [1.807, 2.05) is 31.2 Å². The Morgan fingerprint density at radius 1 is 1.13 bits per heavy atom. The van der Waals surface area contributed by atoms with E-state index in [9.17, 15) is 20.0 Å². The number of nitrogens with one attached hydrogen (secondary N) is 1. The molecule has 0 saturated carbocycles. The van der Waals surface area contributed by atoms with Crippen molar-refractivity contribution in [2.45, 2.75) is 31.3 Å². The van der Waals surface area contributed by atoms with E-state index >= 15 is 0 Å². The predicted octanol–water partition coefficient (Wildman–Crippen LogP) is 2.92. The first kappa shape index (κ1) is 25.5. The third kappa shape index (κ3) is 3.91. The highest BCUT2D eigenvalue weighted by Crippen LogP contribution is 2.55. The van der Waals surface area contributed by atoms with Crippen molar-refractivity contribution in [3.63, 3.8) is 0 Å². The molecule has 39 heavy (non-hydrogen) atoms. The van der Waals surface area contributed by atoms with Crippen molar-refractivity contribution in [2.24, 2.45) is 5.41 Å². The van der Waals surface area contributed by atoms with E-state index in [0.717, 1.165) is 44.6 Å². The number of anilines is 1. The monoisotopic (exact) mass is 531 g/mol. The molecule has 2 aromatic carbocycles. The highest BCUT2D eigenvalue weighted by molar-refractivity contribution is 6.09. The molecule has 1 atom stereocenters. The fourth-order valence-electron chi connectivity index (χ4n) is 7.01. The Hall–Kier alpha value is -3.81. The lowest BCUT2D eigenvalue weighted by Gasteiger charge is -2.65. The second-order valence-corrected chi connectivity index (χ2v) is 11.1. The van der Waals surface area contributed by atoms with Gasteiger partial charge in [-0.05, 0) is 56.2 Å². The number of nitriles is 1. The van der Waals surface area contributed by atoms with Crippen LogP contribution in [0.5, 0.6) is 11.5 Å². The molecule has 4 aliphatic heterocycles. The van der Waals surface area contributed by atoms with Crippen LogP contribution in [0.25, 0.3) is 0 Å². The Morgan fingerprint density at radius 2 is 1.87 bits per heavy atom. The zero-order chi connectivity index (χ0) is 27.4. The molecule has 10 heteroatoms. The minimum absolute atomic E-state index is 0.0808. The third-order valence-electron chi connectivity index (χ3n) is 8.85. The van der Waals surface area contributed by atoms with Gasteiger partial charge in [0.15, 0.2) is 5.54 Å². The van der Waals surface area contributed by atoms with Gasteiger partial charge < -0.3 is 24.8 Å². The molecule has 6 rings (SSSR count). The lowest BCUT2D eigenvalue weighted by Crippen LogP contribution is -2.77. The maximum absolute atomic E-state index is 14.1. The lowest BCUT2D eigenvalue weighted by molar-refractivity contribution is -0.169. The highest BCUT2D eigenvalue weighted by atomic mass is 16.5. The average molecular weight is 532 g/mol. The number of carboxylic acid groups (broad SMARTS) is 1. The molecule has 0 bridgehead atoms. The van der Waals surface area contributed by atoms with Gasteiger partial charge in [0.05, 0.1) is 25.3 Å². The standard InChI is InChI=1S/C29H33N5O5/c1-3-39-25-7-5-21(38-2)13-23(25)29(22-12-19(14-30)4-6-24(22)31-26(29)35)34-17-28(18-34)15-33(16-28)20-8-10-32(11-9-20)27(36)37/h4-7,12-13,20H,3,8-11,15-18H2,1-2H3,(H,31,35)(H,36,37). The van der Waals surface area contributed by atoms with Gasteiger partial charge in [0, 0.05) is 67.5 Å². The molecule has 0 aromatic heterocycles. The number of ether oxygens (including phenoxy) is 2. The van der Waals surface area contributed by atoms with E-state index in [1.165, 1.54) is 4.90 Å². The average Bonchev–Trinajstić information content (AvgIpc) is 3.19. The Kier molecular flexibility index (Phi) is 6.16. The van der Waals surface area contributed by atoms with Crippen LogP contribution in [0.3, 0.4) is 0 Å². The van der Waals surface area contributed by atoms with Gasteiger partial charge in [0.25, 0.3) is 5.91 Å². The quantitative estimate of drug-likeness (QED) is 0.584. The maximum Gasteiger partial charge on any atom is 0.407 e. The van der Waals surface area contributed by atoms with Crippen LogP contribution < -0.4 is 14.8 Å². The molecule has 3 fully saturated rings. The summed E-state index contributed by atoms with van der Waals surface area (Å²) in [4.78, 5) is 31.5. The van der Waals surface area contributed by atoms with E-state index < -0.39 is 11.6 Å². The molecule has 4 heterocycles. The Balaban J connectivity index is 1.31. The van der Waals surface area contributed by atoms with E-state index in [2.05, 4.69) is 21.2 Å². The summed E-state index contributed by atoms with van der Waals surface area (Å²) in [6, 6.07) is 13.5. The number of amides is 2. The second kappa shape index (κ2) is 9.43. The SMILES string of the molecule is CCOc1ccc(OC)cc1C1(N2CC3(CN(C4CCN(C(=O)O)CC4)C3)C2)C(=O)Nc2ccc(C#N)cc21. The number of carbonyl (C=O) groups is 2. The van der Waals surface area contributed by atoms with Gasteiger partial charge in [0.1, 0.15) is 11.5 Å². The first-order valence-corrected chi connectivity index (χ1v) is 13.5. The van der Waals surface area contributed by atoms with Gasteiger partial charge in [0.2, 0.25) is 0 Å². The van der Waals surface area contributed by atoms with Crippen LogP contribution in [0, 0.1) is 16.7 Å². The van der Waals surface area contributed by atoms with Crippen molar-refractivity contribution in [1.82, 2.24) is 14.7 Å². The van der Waals surface area contributed by atoms with Crippen LogP contribution in [0.15, 0.2) is 36.4 Å². The molecule has 3 saturated heterocycles. The molecule has 4 aliphatic rings. The van der Waals surface area contributed by atoms with Gasteiger partial charge in [-0.15, -0.1) is 0 Å². The van der Waals surface area contributed by atoms with Gasteiger partial charge in [-0.3, -0.25) is 14.6 Å². The van der Waals surface area contributed by atoms with Crippen LogP contribution in [0.4, 0.5) is 10.5 Å². The molecule has 10 nitrogen and oxygen atoms in total. The smallest absolute Gasteiger partial charge is 0.407 e. The summed E-state index contributed by atoms with van der Waals surface area (Å²) in [5.41, 5.74) is 1.59. The van der Waals surface area contributed by atoms with Gasteiger partial charge in [-0.2, -0.15) is 5.26 Å². The summed E-state index contributed by atoms with van der Waals surface area (Å²) in [6.45, 7) is 6.83. The molecule has 2 aromatic rings. The minimum atomic E-state index is -1.15. The number of carbonyl (C=O) groups excluding carboxylic acids is 1. The molecule has 1 spiro atoms. The normalized spacial score (nSPS) is 24.3. The molecular formula is C29H33N5O5. The summed E-state index contributed by atoms with van der Waals surface area (Å²) in [5, 5.41) is 22.0. The predicted molar refractivity (Wildman–Crippen MR) is 143 cm³/mol. The van der Waals surface area contributed by atoms with Crippen molar-refractivity contribution < 1.29 is 24.2 Å². The third-order valence-corrected chi connectivity index (χ3v) is 8.85. The molecule has 0 aliphatic carbocycles. The van der Waals surface area contributed by atoms with Crippen molar-refractivity contribution in [3.8, 4) is 17.6 Å². The number of rotatable bonds is 6. The van der Waals surface area contributed by atoms with Gasteiger partial charge >= 0.3 is 6.09 Å². The summed E-state index contributed by atoms with van der Waals surface area (Å²) < 4.78 is 11.6. The molecule has 0 radical (unpaired) electrons. The largest absolute Gasteiger partial charge is 0.497 e. The number of likely N-dealkylation sites (tertiary alicyclic amines) is 3. The number of methoxy groups -OCH3 is 1. The van der Waals surface area contributed by atoms with Crippen molar-refractivity contribution in [2.75, 3.05) is 58.3 Å². The number of hydrogen-bond donors (Lipinski definition) is 2. The Morgan fingerprint density at radius 3 is 2.51 bits per heavy atom. The zero-order valence-corrected chi connectivity index (χ0v) is 22.3. The number of piperidine rings is 1. The highest BCUT2D eigenvalue weighted by Gasteiger charge is 2.63. The van der Waals surface area contributed by atoms with Crippen molar-refractivity contribution in [1.29, 1.82) is 5.26 Å². The topological polar surface area (TPSA) is 118 Å². The lowest BCUT2D eigenvalue weighted by atomic mass is 9.67. The fraction of sp³-hybridized carbons (Fsp3) is 0.483. The number of benzene rings is 2. The molecule has 2 N–H and O–H groups in total. The summed E-state index contributed by atoms with van der Waals surface area (Å²) >= 11 is 0. The van der Waals surface area contributed by atoms with Crippen LogP contribution in [0.2, 0.25) is 0 Å². The van der Waals surface area contributed by atoms with Crippen LogP contribution in [-0.2, 0) is 10.3 Å². The second-order valence-electron chi connectivity index (χ2n) is 11.1. The van der Waals surface area contributed by atoms with E-state index in [4.69, 9.17) is 9.47 Å². The molecule has 204 valence electrons. The number of nitrogens with zero attached hydrogens (tertiary/aromatic N) is 4. The van der Waals surface area contributed by atoms with Crippen LogP contribution in [0.1, 0.15) is 36.5 Å². The van der Waals surface area contributed by atoms with E-state index in [-0.39, 0.29) is 11.3 Å². The van der Waals surface area contributed by atoms with Gasteiger partial charge in [-0.25, -0.2) is 4.79 Å². The number of hydrogen-bond acceptors (Lipinski definition) is 7. The van der Waals surface area contributed by atoms with Crippen LogP contribution in [-0.4, -0.2) is 90.8 Å². The maximum atomic E-state index is 14.1. The van der Waals surface area contributed by atoms with Crippen LogP contribution >= 0.6 is 0 Å². The minimum Gasteiger partial charge on any atom is -0.497 e. The molecule has 1 unspecified atom stereocenters. The summed E-state index contributed by atoms with van der Waals surface area (Å²) in [7, 11) is 1.60. The van der Waals surface area contributed by atoms with E-state index in [0.29, 0.717) is 54.1 Å². The molecule has 2 amide bonds. The molecular weight excluding hydrogens is 498 g/mol. The first-order chi connectivity index (χ1) is 18.8. The Labute approximate surface area is 227 Å². The first-order valence-electron chi connectivity index (χ1n) is 13.5. The zero-order valence-electron chi connectivity index (χ0n) is 22.3. The fourth-order valence-corrected chi connectivity index (χ4v) is 7.01. The van der Waals surface area contributed by atoms with Crippen molar-refractivity contribution in [3.05, 3.63) is 53.1 Å². The van der Waals surface area contributed by atoms with E-state index in [1.54, 1.807) is 19.2 Å².